The Morgan fingerprint density at radius 1 is 1.58 bits per heavy atom. The van der Waals surface area contributed by atoms with Crippen LogP contribution in [-0.4, -0.2) is 26.7 Å². The summed E-state index contributed by atoms with van der Waals surface area (Å²) in [6.07, 6.45) is 4.94. The average molecular weight is 260 g/mol. The van der Waals surface area contributed by atoms with Crippen molar-refractivity contribution in [2.45, 2.75) is 26.4 Å². The summed E-state index contributed by atoms with van der Waals surface area (Å²) in [5.41, 5.74) is 0.573. The summed E-state index contributed by atoms with van der Waals surface area (Å²) in [6.45, 7) is 4.19. The fourth-order valence-electron chi connectivity index (χ4n) is 1.79. The summed E-state index contributed by atoms with van der Waals surface area (Å²) in [5, 5.41) is 6.84. The molecule has 2 aromatic heterocycles. The van der Waals surface area contributed by atoms with E-state index in [1.54, 1.807) is 17.8 Å². The number of aromatic amines is 1. The minimum absolute atomic E-state index is 0.117. The number of carbonyl (C=O) groups excluding carboxylic acids is 1. The van der Waals surface area contributed by atoms with Gasteiger partial charge in [-0.3, -0.25) is 14.3 Å². The van der Waals surface area contributed by atoms with Crippen molar-refractivity contribution in [3.05, 3.63) is 52.2 Å². The van der Waals surface area contributed by atoms with Crippen molar-refractivity contribution in [1.82, 2.24) is 20.1 Å². The van der Waals surface area contributed by atoms with Crippen molar-refractivity contribution in [2.75, 3.05) is 0 Å². The third-order valence-corrected chi connectivity index (χ3v) is 2.70. The number of hydrogen-bond donors (Lipinski definition) is 2. The largest absolute Gasteiger partial charge is 0.364 e. The highest BCUT2D eigenvalue weighted by atomic mass is 16.2. The molecule has 0 spiro atoms. The summed E-state index contributed by atoms with van der Waals surface area (Å²) in [7, 11) is 0. The summed E-state index contributed by atoms with van der Waals surface area (Å²) >= 11 is 0. The fourth-order valence-corrected chi connectivity index (χ4v) is 1.79. The van der Waals surface area contributed by atoms with Gasteiger partial charge in [0.05, 0.1) is 6.54 Å². The first kappa shape index (κ1) is 13.1. The van der Waals surface area contributed by atoms with E-state index in [1.807, 2.05) is 19.2 Å². The van der Waals surface area contributed by atoms with Gasteiger partial charge in [-0.2, -0.15) is 5.10 Å². The van der Waals surface area contributed by atoms with Gasteiger partial charge in [0, 0.05) is 36.4 Å². The van der Waals surface area contributed by atoms with Crippen LogP contribution in [0.1, 0.15) is 23.0 Å². The Hall–Kier alpha value is -2.37. The number of H-pyrrole nitrogens is 1. The summed E-state index contributed by atoms with van der Waals surface area (Å²) in [4.78, 5) is 26.5. The molecule has 2 aromatic rings. The van der Waals surface area contributed by atoms with E-state index >= 15 is 0 Å². The van der Waals surface area contributed by atoms with Crippen molar-refractivity contribution >= 4 is 5.91 Å². The second kappa shape index (κ2) is 5.51. The smallest absolute Gasteiger partial charge is 0.257 e. The fraction of sp³-hybridized carbons (Fsp3) is 0.308. The van der Waals surface area contributed by atoms with Gasteiger partial charge in [-0.05, 0) is 19.9 Å². The molecule has 2 heterocycles. The minimum Gasteiger partial charge on any atom is -0.364 e. The Kier molecular flexibility index (Phi) is 3.79. The molecule has 0 aromatic carbocycles. The maximum Gasteiger partial charge on any atom is 0.257 e. The summed E-state index contributed by atoms with van der Waals surface area (Å²) < 4.78 is 1.73. The van der Waals surface area contributed by atoms with Gasteiger partial charge >= 0.3 is 0 Å². The van der Waals surface area contributed by atoms with Gasteiger partial charge in [0.25, 0.3) is 5.91 Å². The maximum atomic E-state index is 12.0. The predicted octanol–water partition coefficient (Wildman–Crippen LogP) is 0.698. The molecular weight excluding hydrogens is 244 g/mol. The molecule has 0 saturated heterocycles. The van der Waals surface area contributed by atoms with Gasteiger partial charge in [0.1, 0.15) is 5.56 Å². The number of rotatable bonds is 4. The Bertz CT molecular complexity index is 616. The van der Waals surface area contributed by atoms with Crippen molar-refractivity contribution < 1.29 is 4.79 Å². The van der Waals surface area contributed by atoms with Crippen LogP contribution in [0.15, 0.2) is 35.5 Å². The second-order valence-corrected chi connectivity index (χ2v) is 4.50. The first-order valence-electron chi connectivity index (χ1n) is 6.04. The van der Waals surface area contributed by atoms with Crippen LogP contribution in [0.3, 0.4) is 0 Å². The molecule has 1 unspecified atom stereocenters. The minimum atomic E-state index is -0.374. The van der Waals surface area contributed by atoms with Crippen LogP contribution in [-0.2, 0) is 6.54 Å². The molecule has 0 fully saturated rings. The van der Waals surface area contributed by atoms with Crippen LogP contribution < -0.4 is 10.7 Å². The number of nitrogens with zero attached hydrogens (tertiary/aromatic N) is 2. The number of aromatic nitrogens is 3. The van der Waals surface area contributed by atoms with E-state index in [2.05, 4.69) is 15.4 Å². The van der Waals surface area contributed by atoms with E-state index in [0.717, 1.165) is 5.69 Å². The lowest BCUT2D eigenvalue weighted by Crippen LogP contribution is -2.38. The molecule has 0 aliphatic carbocycles. The molecule has 1 amide bonds. The first-order chi connectivity index (χ1) is 9.06. The molecule has 2 N–H and O–H groups in total. The van der Waals surface area contributed by atoms with Gasteiger partial charge in [-0.15, -0.1) is 0 Å². The second-order valence-electron chi connectivity index (χ2n) is 4.50. The van der Waals surface area contributed by atoms with Crippen molar-refractivity contribution in [2.24, 2.45) is 0 Å². The van der Waals surface area contributed by atoms with Crippen LogP contribution in [0, 0.1) is 6.92 Å². The number of hydrogen-bond acceptors (Lipinski definition) is 3. The quantitative estimate of drug-likeness (QED) is 0.849. The van der Waals surface area contributed by atoms with E-state index in [1.165, 1.54) is 12.3 Å². The van der Waals surface area contributed by atoms with Gasteiger partial charge < -0.3 is 10.3 Å². The number of carbonyl (C=O) groups is 1. The van der Waals surface area contributed by atoms with Gasteiger partial charge in [-0.1, -0.05) is 0 Å². The Morgan fingerprint density at radius 2 is 2.37 bits per heavy atom. The van der Waals surface area contributed by atoms with Crippen LogP contribution in [0.4, 0.5) is 0 Å². The summed E-state index contributed by atoms with van der Waals surface area (Å²) in [6, 6.07) is 3.11. The van der Waals surface area contributed by atoms with Gasteiger partial charge in [0.15, 0.2) is 5.43 Å². The third-order valence-electron chi connectivity index (χ3n) is 2.70. The molecule has 1 atom stereocenters. The molecule has 0 aliphatic heterocycles. The van der Waals surface area contributed by atoms with Gasteiger partial charge in [0.2, 0.25) is 0 Å². The zero-order valence-electron chi connectivity index (χ0n) is 10.9. The topological polar surface area (TPSA) is 79.8 Å². The lowest BCUT2D eigenvalue weighted by Gasteiger charge is -2.13. The van der Waals surface area contributed by atoms with E-state index in [9.17, 15) is 9.59 Å². The highest BCUT2D eigenvalue weighted by Crippen LogP contribution is 1.95. The monoisotopic (exact) mass is 260 g/mol. The molecule has 0 saturated carbocycles. The molecule has 2 rings (SSSR count). The van der Waals surface area contributed by atoms with Crippen LogP contribution >= 0.6 is 0 Å². The van der Waals surface area contributed by atoms with E-state index < -0.39 is 0 Å². The van der Waals surface area contributed by atoms with Crippen molar-refractivity contribution in [3.8, 4) is 0 Å². The molecule has 100 valence electrons. The Balaban J connectivity index is 2.02. The summed E-state index contributed by atoms with van der Waals surface area (Å²) in [5.74, 6) is -0.374. The molecule has 6 heteroatoms. The van der Waals surface area contributed by atoms with E-state index in [-0.39, 0.29) is 22.9 Å². The molecule has 19 heavy (non-hydrogen) atoms. The number of pyridine rings is 1. The highest BCUT2D eigenvalue weighted by Gasteiger charge is 2.13. The zero-order chi connectivity index (χ0) is 13.8. The molecule has 6 nitrogen and oxygen atoms in total. The normalized spacial score (nSPS) is 12.1. The average Bonchev–Trinajstić information content (AvgIpc) is 2.81. The Labute approximate surface area is 110 Å². The SMILES string of the molecule is Cc1cc(=O)c(C(=O)NC(C)Cn2cccn2)c[nH]1. The van der Waals surface area contributed by atoms with Gasteiger partial charge in [-0.25, -0.2) is 0 Å². The third kappa shape index (κ3) is 3.31. The first-order valence-corrected chi connectivity index (χ1v) is 6.04. The zero-order valence-corrected chi connectivity index (χ0v) is 10.9. The number of nitrogens with one attached hydrogen (secondary N) is 2. The lowest BCUT2D eigenvalue weighted by molar-refractivity contribution is 0.0934. The Morgan fingerprint density at radius 3 is 3.00 bits per heavy atom. The van der Waals surface area contributed by atoms with E-state index in [4.69, 9.17) is 0 Å². The van der Waals surface area contributed by atoms with Crippen LogP contribution in [0.5, 0.6) is 0 Å². The predicted molar refractivity (Wildman–Crippen MR) is 71.0 cm³/mol. The lowest BCUT2D eigenvalue weighted by atomic mass is 10.2. The number of amides is 1. The highest BCUT2D eigenvalue weighted by molar-refractivity contribution is 5.93. The maximum absolute atomic E-state index is 12.0. The van der Waals surface area contributed by atoms with Crippen LogP contribution in [0.2, 0.25) is 0 Å². The van der Waals surface area contributed by atoms with E-state index in [0.29, 0.717) is 6.54 Å². The van der Waals surface area contributed by atoms with Crippen LogP contribution in [0.25, 0.3) is 0 Å². The number of aryl methyl sites for hydroxylation is 1. The molecule has 0 aliphatic rings. The van der Waals surface area contributed by atoms with Crippen molar-refractivity contribution in [3.63, 3.8) is 0 Å². The molecular formula is C13H16N4O2. The molecule has 0 radical (unpaired) electrons. The van der Waals surface area contributed by atoms with Crippen molar-refractivity contribution in [1.29, 1.82) is 0 Å². The molecule has 0 bridgehead atoms. The standard InChI is InChI=1S/C13H16N4O2/c1-9-6-12(18)11(7-14-9)13(19)16-10(2)8-17-5-3-4-15-17/h3-7,10H,8H2,1-2H3,(H,14,18)(H,16,19).